The van der Waals surface area contributed by atoms with Gasteiger partial charge in [0, 0.05) is 70.8 Å². The number of nitrogens with zero attached hydrogens (tertiary/aromatic N) is 4. The molecular formula is C70H81N7O13S2. The molecule has 4 aliphatic rings. The molecular weight excluding hydrogens is 1210 g/mol. The molecule has 3 amide bonds. The highest BCUT2D eigenvalue weighted by Gasteiger charge is 2.62. The Morgan fingerprint density at radius 3 is 1.50 bits per heavy atom. The molecule has 22 heteroatoms. The molecule has 2 aromatic heterocycles. The van der Waals surface area contributed by atoms with Gasteiger partial charge in [-0.05, 0) is 84.6 Å². The standard InChI is InChI=1S/C37H44N4O7S.C33H37N3O6S/c1-8-23-19-37(23,34(43)44)40-32(49)29-17-25(20-41(29)33(42)31(21(2)3)39-35(45)48-36(4,5)6)47-30-18-27(22-12-10-9-11-13-22)38-28-16-24(46-7)14-15-26(28)30;1-7-21-18-33(21,30(37)40-6)35-29(43)27-16-23(19-36(27)31(38)42-32(2,3)4)41-28-17-25(20-11-9-8-10-12-20)34-26-15-22(39-5)13-14-24(26)28/h8-16,18,21,23,25,29,31H,1,17,19-20H2,2-7H3,(H,39,45)(H,40,49)(H,43,44);7-15,17,21,23,27H,1,16,18-19H2,2-6H3,(H,35,43)/t23?,25-,29+,31+,37-;21?,23-,27+,33-/m11/s1. The van der Waals surface area contributed by atoms with Gasteiger partial charge in [-0.2, -0.15) is 0 Å². The van der Waals surface area contributed by atoms with Crippen LogP contribution < -0.4 is 34.9 Å². The first-order valence-corrected chi connectivity index (χ1v) is 31.4. The Bertz CT molecular complexity index is 3800. The van der Waals surface area contributed by atoms with Gasteiger partial charge in [-0.3, -0.25) is 9.69 Å². The summed E-state index contributed by atoms with van der Waals surface area (Å²) in [6.07, 6.45) is 2.65. The van der Waals surface area contributed by atoms with Crippen LogP contribution in [0.25, 0.3) is 44.3 Å². The third kappa shape index (κ3) is 15.2. The van der Waals surface area contributed by atoms with Crippen molar-refractivity contribution in [3.63, 3.8) is 0 Å². The number of hydrogen-bond acceptors (Lipinski definition) is 16. The average Bonchev–Trinajstić information content (AvgIpc) is 1.57. The zero-order valence-corrected chi connectivity index (χ0v) is 55.4. The van der Waals surface area contributed by atoms with Crippen molar-refractivity contribution in [2.24, 2.45) is 17.8 Å². The van der Waals surface area contributed by atoms with Gasteiger partial charge in [0.2, 0.25) is 5.91 Å². The van der Waals surface area contributed by atoms with E-state index in [2.05, 4.69) is 29.1 Å². The van der Waals surface area contributed by atoms with Gasteiger partial charge >= 0.3 is 24.1 Å². The number of carbonyl (C=O) groups excluding carboxylic acids is 4. The molecule has 0 spiro atoms. The van der Waals surface area contributed by atoms with Crippen LogP contribution in [0.2, 0.25) is 0 Å². The number of methoxy groups -OCH3 is 3. The summed E-state index contributed by atoms with van der Waals surface area (Å²) >= 11 is 11.7. The lowest BCUT2D eigenvalue weighted by atomic mass is 10.0. The van der Waals surface area contributed by atoms with Gasteiger partial charge in [-0.1, -0.05) is 111 Å². The van der Waals surface area contributed by atoms with Gasteiger partial charge < -0.3 is 59.1 Å². The minimum absolute atomic E-state index is 0.127. The Kier molecular flexibility index (Phi) is 20.2. The number of likely N-dealkylation sites (tertiary alicyclic amines) is 2. The molecule has 4 aromatic carbocycles. The molecule has 2 aliphatic heterocycles. The number of hydrogen-bond donors (Lipinski definition) is 4. The maximum absolute atomic E-state index is 14.3. The number of thiocarbonyl (C=S) groups is 2. The fraction of sp³-hybridized carbons (Fsp3) is 0.414. The van der Waals surface area contributed by atoms with E-state index in [9.17, 15) is 29.1 Å². The minimum Gasteiger partial charge on any atom is -0.497 e. The smallest absolute Gasteiger partial charge is 0.411 e. The molecule has 2 saturated heterocycles. The van der Waals surface area contributed by atoms with Crippen molar-refractivity contribution in [2.75, 3.05) is 34.4 Å². The molecule has 0 radical (unpaired) electrons. The van der Waals surface area contributed by atoms with Crippen LogP contribution in [0.4, 0.5) is 9.59 Å². The van der Waals surface area contributed by atoms with Gasteiger partial charge in [-0.25, -0.2) is 29.1 Å². The molecule has 92 heavy (non-hydrogen) atoms. The molecule has 2 unspecified atom stereocenters. The Labute approximate surface area is 547 Å². The van der Waals surface area contributed by atoms with E-state index < -0.39 is 76.7 Å². The Morgan fingerprint density at radius 2 is 1.09 bits per heavy atom. The predicted octanol–water partition coefficient (Wildman–Crippen LogP) is 11.5. The molecule has 10 rings (SSSR count). The van der Waals surface area contributed by atoms with Crippen molar-refractivity contribution in [1.82, 2.24) is 35.7 Å². The number of nitrogens with one attached hydrogen (secondary N) is 3. The first-order chi connectivity index (χ1) is 43.6. The second-order valence-corrected chi connectivity index (χ2v) is 26.7. The van der Waals surface area contributed by atoms with Gasteiger partial charge in [0.15, 0.2) is 0 Å². The van der Waals surface area contributed by atoms with E-state index in [1.807, 2.05) is 144 Å². The molecule has 2 saturated carbocycles. The number of ether oxygens (including phenoxy) is 7. The van der Waals surface area contributed by atoms with Crippen molar-refractivity contribution in [2.45, 2.75) is 134 Å². The summed E-state index contributed by atoms with van der Waals surface area (Å²) in [4.78, 5) is 79.0. The largest absolute Gasteiger partial charge is 0.497 e. The van der Waals surface area contributed by atoms with Crippen LogP contribution in [0.3, 0.4) is 0 Å². The third-order valence-corrected chi connectivity index (χ3v) is 17.3. The molecule has 20 nitrogen and oxygen atoms in total. The maximum atomic E-state index is 14.3. The molecule has 9 atom stereocenters. The Morgan fingerprint density at radius 1 is 0.641 bits per heavy atom. The number of carbonyl (C=O) groups is 5. The Hall–Kier alpha value is -8.89. The molecule has 2 aliphatic carbocycles. The normalized spacial score (nSPS) is 22.6. The van der Waals surface area contributed by atoms with E-state index in [1.165, 1.54) is 7.11 Å². The van der Waals surface area contributed by atoms with Crippen LogP contribution in [-0.4, -0.2) is 152 Å². The molecule has 6 aromatic rings. The van der Waals surface area contributed by atoms with Crippen LogP contribution in [0.1, 0.15) is 81.1 Å². The molecule has 4 N–H and O–H groups in total. The van der Waals surface area contributed by atoms with Crippen LogP contribution in [0, 0.1) is 17.8 Å². The van der Waals surface area contributed by atoms with Gasteiger partial charge in [0.1, 0.15) is 63.5 Å². The Balaban J connectivity index is 0.000000219. The topological polar surface area (TPSA) is 239 Å². The third-order valence-electron chi connectivity index (χ3n) is 16.6. The highest BCUT2D eigenvalue weighted by Crippen LogP contribution is 2.47. The molecule has 4 heterocycles. The molecule has 0 bridgehead atoms. The summed E-state index contributed by atoms with van der Waals surface area (Å²) in [6, 6.07) is 32.4. The number of rotatable bonds is 19. The van der Waals surface area contributed by atoms with Gasteiger partial charge in [0.25, 0.3) is 0 Å². The number of amides is 3. The fourth-order valence-electron chi connectivity index (χ4n) is 11.6. The van der Waals surface area contributed by atoms with E-state index in [4.69, 9.17) is 67.6 Å². The fourth-order valence-corrected chi connectivity index (χ4v) is 12.4. The summed E-state index contributed by atoms with van der Waals surface area (Å²) < 4.78 is 40.5. The summed E-state index contributed by atoms with van der Waals surface area (Å²) in [7, 11) is 4.55. The van der Waals surface area contributed by atoms with Crippen LogP contribution in [0.5, 0.6) is 23.0 Å². The van der Waals surface area contributed by atoms with Crippen LogP contribution in [0.15, 0.2) is 135 Å². The number of fused-ring (bicyclic) bond motifs is 2. The van der Waals surface area contributed by atoms with Gasteiger partial charge in [-0.15, -0.1) is 13.2 Å². The van der Waals surface area contributed by atoms with Crippen molar-refractivity contribution in [3.05, 3.63) is 135 Å². The highest BCUT2D eigenvalue weighted by atomic mass is 32.1. The second-order valence-electron chi connectivity index (χ2n) is 25.8. The van der Waals surface area contributed by atoms with E-state index in [-0.39, 0.29) is 48.2 Å². The van der Waals surface area contributed by atoms with Crippen LogP contribution >= 0.6 is 24.4 Å². The molecule has 4 fully saturated rings. The van der Waals surface area contributed by atoms with Crippen molar-refractivity contribution in [1.29, 1.82) is 0 Å². The SMILES string of the molecule is C=CC1C[C@]1(NC(=S)[C@@H]1C[C@@H](Oc2cc(-c3ccccc3)nc3cc(OC)ccc23)CN1C(=O)OC(C)(C)C)C(=O)OC.C=CC1C[C@]1(NC(=S)[C@@H]1C[C@@H](Oc2cc(-c3ccccc3)nc3cc(OC)ccc23)CN1C(=O)[C@@H](NC(=O)OC(C)(C)C)C(C)C)C(=O)O. The van der Waals surface area contributed by atoms with Crippen molar-refractivity contribution >= 4 is 86.3 Å². The second kappa shape index (κ2) is 27.5. The number of aliphatic carboxylic acids is 1. The van der Waals surface area contributed by atoms with E-state index >= 15 is 0 Å². The lowest BCUT2D eigenvalue weighted by Crippen LogP contribution is -2.57. The number of alkyl carbamates (subject to hydrolysis) is 1. The zero-order valence-electron chi connectivity index (χ0n) is 53.8. The number of benzene rings is 4. The average molecular weight is 1290 g/mol. The summed E-state index contributed by atoms with van der Waals surface area (Å²) in [5, 5.41) is 20.7. The number of esters is 1. The number of pyridine rings is 2. The van der Waals surface area contributed by atoms with E-state index in [0.717, 1.165) is 33.1 Å². The number of aromatic nitrogens is 2. The number of carboxylic acids is 1. The summed E-state index contributed by atoms with van der Waals surface area (Å²) in [5.41, 5.74) is 0.927. The first-order valence-electron chi connectivity index (χ1n) is 30.6. The summed E-state index contributed by atoms with van der Waals surface area (Å²) in [6.45, 7) is 22.3. The van der Waals surface area contributed by atoms with Gasteiger partial charge in [0.05, 0.1) is 78.9 Å². The maximum Gasteiger partial charge on any atom is 0.411 e. The van der Waals surface area contributed by atoms with E-state index in [1.54, 1.807) is 56.9 Å². The highest BCUT2D eigenvalue weighted by molar-refractivity contribution is 7.80. The summed E-state index contributed by atoms with van der Waals surface area (Å²) in [5.74, 6) is -0.0536. The monoisotopic (exact) mass is 1290 g/mol. The lowest BCUT2D eigenvalue weighted by molar-refractivity contribution is -0.144. The number of carboxylic acid groups (broad SMARTS) is 1. The predicted molar refractivity (Wildman–Crippen MR) is 359 cm³/mol. The van der Waals surface area contributed by atoms with Crippen LogP contribution in [-0.2, 0) is 28.6 Å². The molecule has 486 valence electrons. The minimum atomic E-state index is -1.29. The first kappa shape index (κ1) is 67.5. The quantitative estimate of drug-likeness (QED) is 0.0255. The zero-order chi connectivity index (χ0) is 66.6. The lowest BCUT2D eigenvalue weighted by Gasteiger charge is -2.32. The van der Waals surface area contributed by atoms with Crippen molar-refractivity contribution < 1.29 is 62.2 Å². The van der Waals surface area contributed by atoms with Crippen molar-refractivity contribution in [3.8, 4) is 45.5 Å². The van der Waals surface area contributed by atoms with E-state index in [0.29, 0.717) is 58.5 Å².